The average Bonchev–Trinajstić information content (AvgIpc) is 2.73. The molecule has 0 spiro atoms. The summed E-state index contributed by atoms with van der Waals surface area (Å²) in [6.07, 6.45) is 1.01. The summed E-state index contributed by atoms with van der Waals surface area (Å²) in [5.74, 6) is 0.564. The third-order valence-corrected chi connectivity index (χ3v) is 4.18. The lowest BCUT2D eigenvalue weighted by molar-refractivity contribution is 0.0742. The van der Waals surface area contributed by atoms with Crippen LogP contribution in [0.25, 0.3) is 0 Å². The molecule has 0 saturated carbocycles. The molecule has 19 heavy (non-hydrogen) atoms. The summed E-state index contributed by atoms with van der Waals surface area (Å²) in [6.45, 7) is 5.51. The van der Waals surface area contributed by atoms with Crippen LogP contribution in [-0.2, 0) is 0 Å². The fraction of sp³-hybridized carbons (Fsp3) is 0.500. The quantitative estimate of drug-likeness (QED) is 0.894. The number of amides is 1. The predicted molar refractivity (Wildman–Crippen MR) is 83.8 cm³/mol. The number of carbonyl (C=O) groups excluding carboxylic acids is 1. The van der Waals surface area contributed by atoms with E-state index in [9.17, 15) is 4.79 Å². The van der Waals surface area contributed by atoms with Gasteiger partial charge < -0.3 is 10.6 Å². The third kappa shape index (κ3) is 3.50. The summed E-state index contributed by atoms with van der Waals surface area (Å²) in [5.41, 5.74) is 7.51. The SMILES string of the molecule is Cc1ccc(Br)cc1C(=O)N1CC(CN)CC1C.Cl. The Morgan fingerprint density at radius 1 is 1.53 bits per heavy atom. The first-order valence-electron chi connectivity index (χ1n) is 6.30. The Morgan fingerprint density at radius 2 is 2.21 bits per heavy atom. The minimum Gasteiger partial charge on any atom is -0.336 e. The first kappa shape index (κ1) is 16.5. The number of nitrogens with two attached hydrogens (primary N) is 1. The zero-order chi connectivity index (χ0) is 13.3. The molecule has 1 aliphatic heterocycles. The van der Waals surface area contributed by atoms with Crippen LogP contribution in [0.1, 0.15) is 29.3 Å². The Balaban J connectivity index is 0.00000180. The second-order valence-electron chi connectivity index (χ2n) is 5.10. The van der Waals surface area contributed by atoms with Gasteiger partial charge in [0, 0.05) is 22.6 Å². The van der Waals surface area contributed by atoms with Crippen molar-refractivity contribution in [2.75, 3.05) is 13.1 Å². The van der Waals surface area contributed by atoms with Crippen LogP contribution < -0.4 is 5.73 Å². The van der Waals surface area contributed by atoms with Gasteiger partial charge in [0.1, 0.15) is 0 Å². The van der Waals surface area contributed by atoms with E-state index >= 15 is 0 Å². The van der Waals surface area contributed by atoms with Crippen molar-refractivity contribution in [3.05, 3.63) is 33.8 Å². The standard InChI is InChI=1S/C14H19BrN2O.ClH/c1-9-3-4-12(15)6-13(9)14(18)17-8-11(7-16)5-10(17)2;/h3-4,6,10-11H,5,7-8,16H2,1-2H3;1H. The Labute approximate surface area is 129 Å². The van der Waals surface area contributed by atoms with Crippen molar-refractivity contribution in [3.8, 4) is 0 Å². The van der Waals surface area contributed by atoms with E-state index in [0.717, 1.165) is 28.6 Å². The first-order chi connectivity index (χ1) is 8.52. The van der Waals surface area contributed by atoms with Gasteiger partial charge in [0.2, 0.25) is 0 Å². The summed E-state index contributed by atoms with van der Waals surface area (Å²) in [6, 6.07) is 6.12. The molecule has 2 rings (SSSR count). The van der Waals surface area contributed by atoms with Crippen molar-refractivity contribution < 1.29 is 4.79 Å². The molecule has 1 heterocycles. The van der Waals surface area contributed by atoms with E-state index in [1.807, 2.05) is 30.0 Å². The summed E-state index contributed by atoms with van der Waals surface area (Å²) in [5, 5.41) is 0. The van der Waals surface area contributed by atoms with Gasteiger partial charge >= 0.3 is 0 Å². The number of aryl methyl sites for hydroxylation is 1. The number of rotatable bonds is 2. The number of nitrogens with zero attached hydrogens (tertiary/aromatic N) is 1. The maximum absolute atomic E-state index is 12.6. The molecule has 2 unspecified atom stereocenters. The molecule has 0 bridgehead atoms. The van der Waals surface area contributed by atoms with Crippen LogP contribution >= 0.6 is 28.3 Å². The average molecular weight is 348 g/mol. The van der Waals surface area contributed by atoms with E-state index < -0.39 is 0 Å². The van der Waals surface area contributed by atoms with E-state index in [1.165, 1.54) is 0 Å². The Morgan fingerprint density at radius 3 is 2.79 bits per heavy atom. The molecule has 2 N–H and O–H groups in total. The highest BCUT2D eigenvalue weighted by molar-refractivity contribution is 9.10. The lowest BCUT2D eigenvalue weighted by atomic mass is 10.1. The maximum Gasteiger partial charge on any atom is 0.254 e. The molecule has 1 aromatic rings. The molecule has 5 heteroatoms. The monoisotopic (exact) mass is 346 g/mol. The summed E-state index contributed by atoms with van der Waals surface area (Å²) in [4.78, 5) is 14.5. The van der Waals surface area contributed by atoms with Crippen LogP contribution in [0, 0.1) is 12.8 Å². The van der Waals surface area contributed by atoms with Gasteiger partial charge in [-0.3, -0.25) is 4.79 Å². The van der Waals surface area contributed by atoms with Gasteiger partial charge in [0.15, 0.2) is 0 Å². The lowest BCUT2D eigenvalue weighted by Crippen LogP contribution is -2.34. The van der Waals surface area contributed by atoms with E-state index in [0.29, 0.717) is 12.5 Å². The van der Waals surface area contributed by atoms with E-state index in [4.69, 9.17) is 5.73 Å². The van der Waals surface area contributed by atoms with Crippen molar-refractivity contribution in [1.82, 2.24) is 4.90 Å². The van der Waals surface area contributed by atoms with E-state index in [1.54, 1.807) is 0 Å². The molecular weight excluding hydrogens is 328 g/mol. The summed E-state index contributed by atoms with van der Waals surface area (Å²) < 4.78 is 0.943. The molecule has 0 aromatic heterocycles. The number of benzene rings is 1. The van der Waals surface area contributed by atoms with Crippen molar-refractivity contribution >= 4 is 34.2 Å². The molecule has 0 aliphatic carbocycles. The molecule has 3 nitrogen and oxygen atoms in total. The van der Waals surface area contributed by atoms with Crippen molar-refractivity contribution in [3.63, 3.8) is 0 Å². The summed E-state index contributed by atoms with van der Waals surface area (Å²) in [7, 11) is 0. The van der Waals surface area contributed by atoms with Crippen LogP contribution in [0.3, 0.4) is 0 Å². The fourth-order valence-corrected chi connectivity index (χ4v) is 2.94. The predicted octanol–water partition coefficient (Wildman–Crippen LogP) is 2.99. The minimum atomic E-state index is 0. The highest BCUT2D eigenvalue weighted by atomic mass is 79.9. The van der Waals surface area contributed by atoms with Gasteiger partial charge in [-0.15, -0.1) is 12.4 Å². The lowest BCUT2D eigenvalue weighted by Gasteiger charge is -2.22. The normalized spacial score (nSPS) is 22.2. The Bertz CT molecular complexity index is 467. The maximum atomic E-state index is 12.6. The van der Waals surface area contributed by atoms with Crippen LogP contribution in [0.15, 0.2) is 22.7 Å². The molecule has 1 aliphatic rings. The Kier molecular flexibility index (Phi) is 5.83. The topological polar surface area (TPSA) is 46.3 Å². The van der Waals surface area contributed by atoms with Crippen LogP contribution in [-0.4, -0.2) is 29.9 Å². The second-order valence-corrected chi connectivity index (χ2v) is 6.02. The van der Waals surface area contributed by atoms with Gasteiger partial charge in [0.25, 0.3) is 5.91 Å². The number of carbonyl (C=O) groups is 1. The zero-order valence-electron chi connectivity index (χ0n) is 11.2. The van der Waals surface area contributed by atoms with Gasteiger partial charge in [-0.05, 0) is 50.4 Å². The minimum absolute atomic E-state index is 0. The highest BCUT2D eigenvalue weighted by Crippen LogP contribution is 2.26. The molecule has 106 valence electrons. The zero-order valence-corrected chi connectivity index (χ0v) is 13.6. The molecule has 1 amide bonds. The van der Waals surface area contributed by atoms with Crippen molar-refractivity contribution in [1.29, 1.82) is 0 Å². The molecule has 1 fully saturated rings. The molecule has 2 atom stereocenters. The van der Waals surface area contributed by atoms with Gasteiger partial charge in [0.05, 0.1) is 0 Å². The fourth-order valence-electron chi connectivity index (χ4n) is 2.58. The van der Waals surface area contributed by atoms with Crippen LogP contribution in [0.4, 0.5) is 0 Å². The first-order valence-corrected chi connectivity index (χ1v) is 7.09. The molecule has 1 aromatic carbocycles. The van der Waals surface area contributed by atoms with Gasteiger partial charge in [-0.25, -0.2) is 0 Å². The van der Waals surface area contributed by atoms with Gasteiger partial charge in [-0.1, -0.05) is 22.0 Å². The summed E-state index contributed by atoms with van der Waals surface area (Å²) >= 11 is 3.42. The number of hydrogen-bond donors (Lipinski definition) is 1. The van der Waals surface area contributed by atoms with Crippen molar-refractivity contribution in [2.45, 2.75) is 26.3 Å². The number of halogens is 2. The molecule has 1 saturated heterocycles. The van der Waals surface area contributed by atoms with E-state index in [-0.39, 0.29) is 24.4 Å². The highest BCUT2D eigenvalue weighted by Gasteiger charge is 2.32. The number of likely N-dealkylation sites (tertiary alicyclic amines) is 1. The van der Waals surface area contributed by atoms with Crippen LogP contribution in [0.2, 0.25) is 0 Å². The van der Waals surface area contributed by atoms with Crippen LogP contribution in [0.5, 0.6) is 0 Å². The smallest absolute Gasteiger partial charge is 0.254 e. The van der Waals surface area contributed by atoms with Gasteiger partial charge in [-0.2, -0.15) is 0 Å². The Hall–Kier alpha value is -0.580. The molecular formula is C14H20BrClN2O. The van der Waals surface area contributed by atoms with Crippen molar-refractivity contribution in [2.24, 2.45) is 11.7 Å². The largest absolute Gasteiger partial charge is 0.336 e. The second kappa shape index (κ2) is 6.73. The third-order valence-electron chi connectivity index (χ3n) is 3.69. The van der Waals surface area contributed by atoms with E-state index in [2.05, 4.69) is 22.9 Å². The molecule has 0 radical (unpaired) electrons. The number of hydrogen-bond acceptors (Lipinski definition) is 2.